The summed E-state index contributed by atoms with van der Waals surface area (Å²) in [5.41, 5.74) is -3.27. The number of alkyl halides is 3. The molecule has 1 unspecified atom stereocenters. The van der Waals surface area contributed by atoms with E-state index in [-0.39, 0.29) is 5.56 Å². The van der Waals surface area contributed by atoms with Gasteiger partial charge in [0.05, 0.1) is 17.1 Å². The van der Waals surface area contributed by atoms with E-state index in [1.54, 1.807) is 0 Å². The first kappa shape index (κ1) is 18.4. The lowest BCUT2D eigenvalue weighted by atomic mass is 10.0. The Morgan fingerprint density at radius 2 is 1.91 bits per heavy atom. The standard InChI is InChI=1S/C12H13F3O6S/c1-11(17,12(13,14)15)5-6-21-10(16)8-3-2-4-9(7-8)22(18,19)20/h2-4,7,17H,5-6H2,1H3,(H,18,19,20). The molecule has 0 amide bonds. The van der Waals surface area contributed by atoms with Crippen molar-refractivity contribution in [3.63, 3.8) is 0 Å². The molecule has 124 valence electrons. The van der Waals surface area contributed by atoms with Gasteiger partial charge in [-0.1, -0.05) is 6.07 Å². The maximum Gasteiger partial charge on any atom is 0.417 e. The molecule has 0 spiro atoms. The highest BCUT2D eigenvalue weighted by atomic mass is 32.2. The summed E-state index contributed by atoms with van der Waals surface area (Å²) in [6, 6.07) is 4.17. The minimum absolute atomic E-state index is 0.262. The predicted molar refractivity (Wildman–Crippen MR) is 67.8 cm³/mol. The smallest absolute Gasteiger partial charge is 0.417 e. The first-order chi connectivity index (χ1) is 9.84. The van der Waals surface area contributed by atoms with Gasteiger partial charge in [-0.15, -0.1) is 0 Å². The van der Waals surface area contributed by atoms with Crippen molar-refractivity contribution in [2.75, 3.05) is 6.61 Å². The second-order valence-electron chi connectivity index (χ2n) is 4.66. The van der Waals surface area contributed by atoms with Crippen LogP contribution in [0.1, 0.15) is 23.7 Å². The molecule has 1 aromatic rings. The Morgan fingerprint density at radius 1 is 1.32 bits per heavy atom. The van der Waals surface area contributed by atoms with E-state index >= 15 is 0 Å². The van der Waals surface area contributed by atoms with Crippen molar-refractivity contribution in [1.29, 1.82) is 0 Å². The van der Waals surface area contributed by atoms with Crippen LogP contribution in [0, 0.1) is 0 Å². The third-order valence-electron chi connectivity index (χ3n) is 2.80. The van der Waals surface area contributed by atoms with Crippen molar-refractivity contribution in [3.8, 4) is 0 Å². The van der Waals surface area contributed by atoms with E-state index < -0.39 is 45.8 Å². The lowest BCUT2D eigenvalue weighted by Crippen LogP contribution is -2.43. The largest absolute Gasteiger partial charge is 0.462 e. The molecule has 0 saturated carbocycles. The summed E-state index contributed by atoms with van der Waals surface area (Å²) in [7, 11) is -4.52. The van der Waals surface area contributed by atoms with Gasteiger partial charge < -0.3 is 9.84 Å². The molecule has 0 aliphatic rings. The minimum Gasteiger partial charge on any atom is -0.462 e. The fourth-order valence-corrected chi connectivity index (χ4v) is 1.88. The van der Waals surface area contributed by atoms with E-state index in [0.717, 1.165) is 18.2 Å². The van der Waals surface area contributed by atoms with E-state index in [1.807, 2.05) is 0 Å². The van der Waals surface area contributed by atoms with E-state index in [2.05, 4.69) is 4.74 Å². The number of hydrogen-bond donors (Lipinski definition) is 2. The highest BCUT2D eigenvalue weighted by Gasteiger charge is 2.49. The lowest BCUT2D eigenvalue weighted by molar-refractivity contribution is -0.256. The van der Waals surface area contributed by atoms with Gasteiger partial charge in [-0.25, -0.2) is 4.79 Å². The Hall–Kier alpha value is -1.65. The Kier molecular flexibility index (Phi) is 5.21. The van der Waals surface area contributed by atoms with Gasteiger partial charge in [0.1, 0.15) is 0 Å². The Balaban J connectivity index is 2.72. The average Bonchev–Trinajstić information content (AvgIpc) is 2.36. The number of ether oxygens (including phenoxy) is 1. The molecule has 0 heterocycles. The fourth-order valence-electron chi connectivity index (χ4n) is 1.35. The average molecular weight is 342 g/mol. The number of halogens is 3. The van der Waals surface area contributed by atoms with Gasteiger partial charge in [0, 0.05) is 6.42 Å². The van der Waals surface area contributed by atoms with Crippen LogP contribution >= 0.6 is 0 Å². The summed E-state index contributed by atoms with van der Waals surface area (Å²) >= 11 is 0. The first-order valence-electron chi connectivity index (χ1n) is 5.88. The summed E-state index contributed by atoms with van der Waals surface area (Å²) in [6.45, 7) is -0.179. The summed E-state index contributed by atoms with van der Waals surface area (Å²) in [5.74, 6) is -1.08. The van der Waals surface area contributed by atoms with Crippen LogP contribution in [0.4, 0.5) is 13.2 Å². The minimum atomic E-state index is -4.87. The molecular formula is C12H13F3O6S. The van der Waals surface area contributed by atoms with Crippen LogP contribution in [0.5, 0.6) is 0 Å². The maximum atomic E-state index is 12.4. The Labute approximate surface area is 124 Å². The van der Waals surface area contributed by atoms with E-state index in [4.69, 9.17) is 9.66 Å². The molecule has 0 aliphatic carbocycles. The van der Waals surface area contributed by atoms with Crippen molar-refractivity contribution < 1.29 is 40.8 Å². The topological polar surface area (TPSA) is 101 Å². The van der Waals surface area contributed by atoms with Crippen LogP contribution in [-0.2, 0) is 14.9 Å². The molecular weight excluding hydrogens is 329 g/mol. The molecule has 1 aromatic carbocycles. The van der Waals surface area contributed by atoms with Crippen molar-refractivity contribution in [3.05, 3.63) is 29.8 Å². The highest BCUT2D eigenvalue weighted by Crippen LogP contribution is 2.32. The highest BCUT2D eigenvalue weighted by molar-refractivity contribution is 7.85. The van der Waals surface area contributed by atoms with Gasteiger partial charge in [0.25, 0.3) is 10.1 Å². The van der Waals surface area contributed by atoms with Crippen LogP contribution in [0.15, 0.2) is 29.2 Å². The zero-order valence-corrected chi connectivity index (χ0v) is 12.1. The van der Waals surface area contributed by atoms with E-state index in [0.29, 0.717) is 6.92 Å². The summed E-state index contributed by atoms with van der Waals surface area (Å²) in [5, 5.41) is 9.16. The van der Waals surface area contributed by atoms with Crippen LogP contribution in [-0.4, -0.2) is 42.4 Å². The summed E-state index contributed by atoms with van der Waals surface area (Å²) < 4.78 is 72.3. The second kappa shape index (κ2) is 6.23. The maximum absolute atomic E-state index is 12.4. The van der Waals surface area contributed by atoms with Gasteiger partial charge in [-0.05, 0) is 25.1 Å². The zero-order chi connectivity index (χ0) is 17.2. The second-order valence-corrected chi connectivity index (χ2v) is 6.08. The van der Waals surface area contributed by atoms with Crippen molar-refractivity contribution in [2.24, 2.45) is 0 Å². The van der Waals surface area contributed by atoms with Crippen LogP contribution in [0.3, 0.4) is 0 Å². The van der Waals surface area contributed by atoms with Crippen molar-refractivity contribution >= 4 is 16.1 Å². The zero-order valence-electron chi connectivity index (χ0n) is 11.3. The predicted octanol–water partition coefficient (Wildman–Crippen LogP) is 1.79. The number of carbonyl (C=O) groups excluding carboxylic acids is 1. The van der Waals surface area contributed by atoms with Crippen LogP contribution in [0.25, 0.3) is 0 Å². The van der Waals surface area contributed by atoms with E-state index in [1.165, 1.54) is 6.07 Å². The molecule has 22 heavy (non-hydrogen) atoms. The van der Waals surface area contributed by atoms with Gasteiger partial charge in [-0.3, -0.25) is 4.55 Å². The molecule has 0 radical (unpaired) electrons. The van der Waals surface area contributed by atoms with Gasteiger partial charge >= 0.3 is 12.1 Å². The van der Waals surface area contributed by atoms with Crippen molar-refractivity contribution in [2.45, 2.75) is 30.0 Å². The molecule has 0 bridgehead atoms. The van der Waals surface area contributed by atoms with Gasteiger partial charge in [-0.2, -0.15) is 21.6 Å². The molecule has 10 heteroatoms. The van der Waals surface area contributed by atoms with Gasteiger partial charge in [0.2, 0.25) is 0 Å². The molecule has 0 saturated heterocycles. The molecule has 2 N–H and O–H groups in total. The quantitative estimate of drug-likeness (QED) is 0.625. The fraction of sp³-hybridized carbons (Fsp3) is 0.417. The van der Waals surface area contributed by atoms with Crippen LogP contribution < -0.4 is 0 Å². The Morgan fingerprint density at radius 3 is 2.41 bits per heavy atom. The molecule has 0 aromatic heterocycles. The third kappa shape index (κ3) is 4.68. The monoisotopic (exact) mass is 342 g/mol. The first-order valence-corrected chi connectivity index (χ1v) is 7.32. The number of carbonyl (C=O) groups is 1. The van der Waals surface area contributed by atoms with Crippen molar-refractivity contribution in [1.82, 2.24) is 0 Å². The lowest BCUT2D eigenvalue weighted by Gasteiger charge is -2.25. The van der Waals surface area contributed by atoms with Gasteiger partial charge in [0.15, 0.2) is 5.60 Å². The number of esters is 1. The number of hydrogen-bond acceptors (Lipinski definition) is 5. The molecule has 1 atom stereocenters. The van der Waals surface area contributed by atoms with E-state index in [9.17, 15) is 26.4 Å². The number of aliphatic hydroxyl groups is 1. The number of rotatable bonds is 5. The number of benzene rings is 1. The SMILES string of the molecule is CC(O)(CCOC(=O)c1cccc(S(=O)(=O)O)c1)C(F)(F)F. The summed E-state index contributed by atoms with van der Waals surface area (Å²) in [6.07, 6.45) is -5.75. The molecule has 0 aliphatic heterocycles. The third-order valence-corrected chi connectivity index (χ3v) is 3.65. The Bertz CT molecular complexity index is 651. The normalized spacial score (nSPS) is 15.2. The molecule has 6 nitrogen and oxygen atoms in total. The van der Waals surface area contributed by atoms with Crippen LogP contribution in [0.2, 0.25) is 0 Å². The summed E-state index contributed by atoms with van der Waals surface area (Å²) in [4.78, 5) is 11.0. The molecule has 0 fully saturated rings. The molecule has 1 rings (SSSR count).